The number of benzene rings is 1. The van der Waals surface area contributed by atoms with Crippen molar-refractivity contribution in [2.24, 2.45) is 0 Å². The van der Waals surface area contributed by atoms with Crippen molar-refractivity contribution in [2.45, 2.75) is 25.0 Å². The normalized spacial score (nSPS) is 25.8. The molecule has 0 aliphatic carbocycles. The molecule has 1 aromatic rings. The number of ether oxygens (including phenoxy) is 2. The number of hydrogen-bond donors (Lipinski definition) is 0. The van der Waals surface area contributed by atoms with E-state index in [-0.39, 0.29) is 29.6 Å². The third kappa shape index (κ3) is 4.03. The van der Waals surface area contributed by atoms with Crippen molar-refractivity contribution >= 4 is 15.7 Å². The lowest BCUT2D eigenvalue weighted by Crippen LogP contribution is -2.53. The molecule has 2 aliphatic heterocycles. The van der Waals surface area contributed by atoms with Gasteiger partial charge in [-0.25, -0.2) is 8.42 Å². The van der Waals surface area contributed by atoms with Gasteiger partial charge in [-0.05, 0) is 18.6 Å². The van der Waals surface area contributed by atoms with Crippen molar-refractivity contribution in [2.75, 3.05) is 31.3 Å². The van der Waals surface area contributed by atoms with E-state index < -0.39 is 9.84 Å². The number of carbonyl (C=O) groups is 1. The van der Waals surface area contributed by atoms with Gasteiger partial charge in [-0.1, -0.05) is 18.2 Å². The number of nitrogens with zero attached hydrogens (tertiary/aromatic N) is 1. The van der Waals surface area contributed by atoms with Crippen molar-refractivity contribution < 1.29 is 22.7 Å². The molecule has 2 atom stereocenters. The zero-order valence-corrected chi connectivity index (χ0v) is 13.7. The van der Waals surface area contributed by atoms with Crippen LogP contribution in [0.25, 0.3) is 0 Å². The molecule has 0 bridgehead atoms. The van der Waals surface area contributed by atoms with E-state index >= 15 is 0 Å². The van der Waals surface area contributed by atoms with Crippen molar-refractivity contribution in [3.63, 3.8) is 0 Å². The molecule has 0 saturated carbocycles. The zero-order valence-electron chi connectivity index (χ0n) is 12.9. The third-order valence-corrected chi connectivity index (χ3v) is 5.89. The molecule has 2 saturated heterocycles. The maximum atomic E-state index is 12.4. The SMILES string of the molecule is O=C(CCCOc1ccccc1)N1CCOC2CS(=O)(=O)CC21. The van der Waals surface area contributed by atoms with Gasteiger partial charge in [-0.15, -0.1) is 0 Å². The monoisotopic (exact) mass is 339 g/mol. The number of sulfone groups is 1. The quantitative estimate of drug-likeness (QED) is 0.744. The molecule has 23 heavy (non-hydrogen) atoms. The maximum absolute atomic E-state index is 12.4. The molecule has 0 spiro atoms. The molecule has 0 aromatic heterocycles. The van der Waals surface area contributed by atoms with Crippen LogP contribution < -0.4 is 4.74 Å². The van der Waals surface area contributed by atoms with E-state index in [2.05, 4.69) is 0 Å². The van der Waals surface area contributed by atoms with Crippen LogP contribution in [0.4, 0.5) is 0 Å². The fourth-order valence-corrected chi connectivity index (χ4v) is 4.97. The van der Waals surface area contributed by atoms with Gasteiger partial charge >= 0.3 is 0 Å². The maximum Gasteiger partial charge on any atom is 0.223 e. The predicted molar refractivity (Wildman–Crippen MR) is 85.1 cm³/mol. The number of para-hydroxylation sites is 1. The van der Waals surface area contributed by atoms with Crippen LogP contribution in [0.2, 0.25) is 0 Å². The summed E-state index contributed by atoms with van der Waals surface area (Å²) in [6.07, 6.45) is 0.601. The van der Waals surface area contributed by atoms with E-state index in [1.807, 2.05) is 30.3 Å². The van der Waals surface area contributed by atoms with E-state index in [9.17, 15) is 13.2 Å². The summed E-state index contributed by atoms with van der Waals surface area (Å²) in [5.74, 6) is 0.813. The Kier molecular flexibility index (Phi) is 4.87. The third-order valence-electron chi connectivity index (χ3n) is 4.20. The first kappa shape index (κ1) is 16.3. The van der Waals surface area contributed by atoms with Gasteiger partial charge in [0.25, 0.3) is 0 Å². The molecular formula is C16H21NO5S. The van der Waals surface area contributed by atoms with Gasteiger partial charge in [0.05, 0.1) is 36.9 Å². The summed E-state index contributed by atoms with van der Waals surface area (Å²) in [5.41, 5.74) is 0. The van der Waals surface area contributed by atoms with E-state index in [4.69, 9.17) is 9.47 Å². The van der Waals surface area contributed by atoms with Crippen LogP contribution in [0.1, 0.15) is 12.8 Å². The van der Waals surface area contributed by atoms with Gasteiger partial charge in [0.2, 0.25) is 5.91 Å². The van der Waals surface area contributed by atoms with Crippen LogP contribution in [0.3, 0.4) is 0 Å². The lowest BCUT2D eigenvalue weighted by Gasteiger charge is -2.36. The molecule has 0 radical (unpaired) electrons. The highest BCUT2D eigenvalue weighted by atomic mass is 32.2. The lowest BCUT2D eigenvalue weighted by molar-refractivity contribution is -0.143. The Morgan fingerprint density at radius 1 is 1.26 bits per heavy atom. The summed E-state index contributed by atoms with van der Waals surface area (Å²) in [6, 6.07) is 9.14. The van der Waals surface area contributed by atoms with Crippen LogP contribution in [0.5, 0.6) is 5.75 Å². The molecule has 2 fully saturated rings. The zero-order chi connectivity index (χ0) is 16.3. The van der Waals surface area contributed by atoms with Gasteiger partial charge in [0.1, 0.15) is 5.75 Å². The summed E-state index contributed by atoms with van der Waals surface area (Å²) in [5, 5.41) is 0. The molecular weight excluding hydrogens is 318 g/mol. The molecule has 6 nitrogen and oxygen atoms in total. The minimum atomic E-state index is -3.10. The number of morpholine rings is 1. The van der Waals surface area contributed by atoms with Crippen molar-refractivity contribution in [3.05, 3.63) is 30.3 Å². The van der Waals surface area contributed by atoms with Crippen LogP contribution in [-0.2, 0) is 19.4 Å². The molecule has 7 heteroatoms. The standard InChI is InChI=1S/C16H21NO5S/c18-16(7-4-9-21-13-5-2-1-3-6-13)17-8-10-22-15-12-23(19,20)11-14(15)17/h1-3,5-6,14-15H,4,7-12H2. The highest BCUT2D eigenvalue weighted by molar-refractivity contribution is 7.91. The van der Waals surface area contributed by atoms with Crippen molar-refractivity contribution in [1.29, 1.82) is 0 Å². The van der Waals surface area contributed by atoms with E-state index in [1.165, 1.54) is 0 Å². The second-order valence-corrected chi connectivity index (χ2v) is 8.06. The summed E-state index contributed by atoms with van der Waals surface area (Å²) < 4.78 is 34.6. The summed E-state index contributed by atoms with van der Waals surface area (Å²) in [6.45, 7) is 1.34. The number of hydrogen-bond acceptors (Lipinski definition) is 5. The highest BCUT2D eigenvalue weighted by Crippen LogP contribution is 2.25. The van der Waals surface area contributed by atoms with E-state index in [0.29, 0.717) is 32.6 Å². The largest absolute Gasteiger partial charge is 0.494 e. The fourth-order valence-electron chi connectivity index (χ4n) is 3.10. The number of carbonyl (C=O) groups excluding carboxylic acids is 1. The molecule has 3 rings (SSSR count). The Bertz CT molecular complexity index is 646. The van der Waals surface area contributed by atoms with Crippen molar-refractivity contribution in [1.82, 2.24) is 4.90 Å². The Balaban J connectivity index is 1.48. The minimum Gasteiger partial charge on any atom is -0.494 e. The molecule has 1 aromatic carbocycles. The van der Waals surface area contributed by atoms with Crippen LogP contribution in [0.15, 0.2) is 30.3 Å². The molecule has 0 N–H and O–H groups in total. The lowest BCUT2D eigenvalue weighted by atomic mass is 10.1. The van der Waals surface area contributed by atoms with Crippen molar-refractivity contribution in [3.8, 4) is 5.75 Å². The Morgan fingerprint density at radius 3 is 2.83 bits per heavy atom. The fraction of sp³-hybridized carbons (Fsp3) is 0.562. The topological polar surface area (TPSA) is 72.9 Å². The summed E-state index contributed by atoms with van der Waals surface area (Å²) in [4.78, 5) is 14.1. The first-order chi connectivity index (χ1) is 11.1. The molecule has 2 aliphatic rings. The van der Waals surface area contributed by atoms with Gasteiger partial charge < -0.3 is 14.4 Å². The van der Waals surface area contributed by atoms with Gasteiger partial charge in [0.15, 0.2) is 9.84 Å². The molecule has 1 amide bonds. The highest BCUT2D eigenvalue weighted by Gasteiger charge is 2.45. The number of fused-ring (bicyclic) bond motifs is 1. The van der Waals surface area contributed by atoms with Crippen LogP contribution in [-0.4, -0.2) is 62.6 Å². The Labute approximate surface area is 136 Å². The predicted octanol–water partition coefficient (Wildman–Crippen LogP) is 0.870. The average molecular weight is 339 g/mol. The van der Waals surface area contributed by atoms with Crippen LogP contribution in [0, 0.1) is 0 Å². The average Bonchev–Trinajstić information content (AvgIpc) is 2.86. The Morgan fingerprint density at radius 2 is 2.04 bits per heavy atom. The van der Waals surface area contributed by atoms with E-state index in [0.717, 1.165) is 5.75 Å². The van der Waals surface area contributed by atoms with Crippen LogP contribution >= 0.6 is 0 Å². The number of rotatable bonds is 5. The second kappa shape index (κ2) is 6.88. The van der Waals surface area contributed by atoms with E-state index in [1.54, 1.807) is 4.90 Å². The Hall–Kier alpha value is -1.60. The summed E-state index contributed by atoms with van der Waals surface area (Å²) >= 11 is 0. The van der Waals surface area contributed by atoms with Gasteiger partial charge in [0, 0.05) is 13.0 Å². The molecule has 126 valence electrons. The van der Waals surface area contributed by atoms with Gasteiger partial charge in [-0.3, -0.25) is 4.79 Å². The number of amides is 1. The minimum absolute atomic E-state index is 0.0166. The smallest absolute Gasteiger partial charge is 0.223 e. The molecule has 2 unspecified atom stereocenters. The second-order valence-electron chi connectivity index (χ2n) is 5.91. The molecule has 2 heterocycles. The van der Waals surface area contributed by atoms with Gasteiger partial charge in [-0.2, -0.15) is 0 Å². The first-order valence-electron chi connectivity index (χ1n) is 7.84. The summed E-state index contributed by atoms with van der Waals surface area (Å²) in [7, 11) is -3.10. The first-order valence-corrected chi connectivity index (χ1v) is 9.67.